The van der Waals surface area contributed by atoms with Crippen LogP contribution in [0.4, 0.5) is 0 Å². The SMILES string of the molecule is CC(C)C(=O)NCCCOCCOCCOCCCN. The van der Waals surface area contributed by atoms with Crippen molar-refractivity contribution in [3.05, 3.63) is 0 Å². The third-order valence-corrected chi connectivity index (χ3v) is 2.53. The largest absolute Gasteiger partial charge is 0.379 e. The molecule has 20 heavy (non-hydrogen) atoms. The van der Waals surface area contributed by atoms with Crippen molar-refractivity contribution in [2.24, 2.45) is 11.7 Å². The molecule has 1 amide bonds. The molecule has 0 aromatic heterocycles. The summed E-state index contributed by atoms with van der Waals surface area (Å²) in [6.45, 7) is 8.72. The number of nitrogens with one attached hydrogen (secondary N) is 1. The molecule has 0 radical (unpaired) electrons. The molecule has 0 atom stereocenters. The average Bonchev–Trinajstić information content (AvgIpc) is 2.43. The van der Waals surface area contributed by atoms with Gasteiger partial charge in [-0.2, -0.15) is 0 Å². The highest BCUT2D eigenvalue weighted by Gasteiger charge is 2.04. The van der Waals surface area contributed by atoms with Gasteiger partial charge >= 0.3 is 0 Å². The molecule has 0 aromatic carbocycles. The Morgan fingerprint density at radius 3 is 1.95 bits per heavy atom. The van der Waals surface area contributed by atoms with Crippen LogP contribution < -0.4 is 11.1 Å². The normalized spacial score (nSPS) is 11.0. The Labute approximate surface area is 122 Å². The zero-order valence-corrected chi connectivity index (χ0v) is 12.9. The second-order valence-electron chi connectivity index (χ2n) is 4.78. The number of hydrogen-bond donors (Lipinski definition) is 2. The fraction of sp³-hybridized carbons (Fsp3) is 0.929. The van der Waals surface area contributed by atoms with E-state index in [0.29, 0.717) is 52.7 Å². The second-order valence-corrected chi connectivity index (χ2v) is 4.78. The lowest BCUT2D eigenvalue weighted by atomic mass is 10.2. The van der Waals surface area contributed by atoms with Gasteiger partial charge in [-0.15, -0.1) is 0 Å². The highest BCUT2D eigenvalue weighted by molar-refractivity contribution is 5.77. The molecule has 0 aliphatic heterocycles. The van der Waals surface area contributed by atoms with E-state index in [1.165, 1.54) is 0 Å². The van der Waals surface area contributed by atoms with Crippen LogP contribution in [0.15, 0.2) is 0 Å². The Bertz CT molecular complexity index is 225. The molecule has 6 nitrogen and oxygen atoms in total. The smallest absolute Gasteiger partial charge is 0.222 e. The van der Waals surface area contributed by atoms with Crippen molar-refractivity contribution >= 4 is 5.91 Å². The zero-order valence-electron chi connectivity index (χ0n) is 12.9. The first-order valence-electron chi connectivity index (χ1n) is 7.39. The van der Waals surface area contributed by atoms with E-state index in [4.69, 9.17) is 19.9 Å². The monoisotopic (exact) mass is 290 g/mol. The maximum Gasteiger partial charge on any atom is 0.222 e. The van der Waals surface area contributed by atoms with Gasteiger partial charge in [0.15, 0.2) is 0 Å². The lowest BCUT2D eigenvalue weighted by molar-refractivity contribution is -0.124. The Kier molecular flexibility index (Phi) is 14.2. The van der Waals surface area contributed by atoms with E-state index < -0.39 is 0 Å². The Morgan fingerprint density at radius 1 is 0.950 bits per heavy atom. The second kappa shape index (κ2) is 14.7. The average molecular weight is 290 g/mol. The summed E-state index contributed by atoms with van der Waals surface area (Å²) in [6, 6.07) is 0. The first kappa shape index (κ1) is 19.3. The standard InChI is InChI=1S/C14H30N2O4/c1-13(2)14(17)16-6-4-8-19-10-12-20-11-9-18-7-3-5-15/h13H,3-12,15H2,1-2H3,(H,16,17). The summed E-state index contributed by atoms with van der Waals surface area (Å²) in [5, 5.41) is 2.84. The minimum absolute atomic E-state index is 0.0383. The van der Waals surface area contributed by atoms with E-state index in [0.717, 1.165) is 12.8 Å². The van der Waals surface area contributed by atoms with Gasteiger partial charge in [-0.25, -0.2) is 0 Å². The number of hydrogen-bond acceptors (Lipinski definition) is 5. The number of carbonyl (C=O) groups is 1. The van der Waals surface area contributed by atoms with Crippen molar-refractivity contribution in [2.75, 3.05) is 52.7 Å². The minimum Gasteiger partial charge on any atom is -0.379 e. The van der Waals surface area contributed by atoms with Crippen molar-refractivity contribution in [1.82, 2.24) is 5.32 Å². The number of amides is 1. The van der Waals surface area contributed by atoms with E-state index in [9.17, 15) is 4.79 Å². The summed E-state index contributed by atoms with van der Waals surface area (Å²) in [5.74, 6) is 0.124. The zero-order chi connectivity index (χ0) is 15.1. The molecule has 0 spiro atoms. The van der Waals surface area contributed by atoms with E-state index in [1.807, 2.05) is 13.8 Å². The maximum absolute atomic E-state index is 11.3. The van der Waals surface area contributed by atoms with Crippen molar-refractivity contribution in [3.63, 3.8) is 0 Å². The molecule has 3 N–H and O–H groups in total. The summed E-state index contributed by atoms with van der Waals surface area (Å²) < 4.78 is 16.0. The van der Waals surface area contributed by atoms with Crippen LogP contribution in [0.5, 0.6) is 0 Å². The number of nitrogens with two attached hydrogens (primary N) is 1. The summed E-state index contributed by atoms with van der Waals surface area (Å²) in [7, 11) is 0. The topological polar surface area (TPSA) is 82.8 Å². The predicted molar refractivity (Wildman–Crippen MR) is 78.6 cm³/mol. The molecule has 0 saturated carbocycles. The van der Waals surface area contributed by atoms with Gasteiger partial charge < -0.3 is 25.3 Å². The fourth-order valence-electron chi connectivity index (χ4n) is 1.32. The quantitative estimate of drug-likeness (QED) is 0.456. The molecule has 0 fully saturated rings. The van der Waals surface area contributed by atoms with Crippen molar-refractivity contribution < 1.29 is 19.0 Å². The summed E-state index contributed by atoms with van der Waals surface area (Å²) in [5.41, 5.74) is 5.34. The van der Waals surface area contributed by atoms with Crippen molar-refractivity contribution in [2.45, 2.75) is 26.7 Å². The highest BCUT2D eigenvalue weighted by atomic mass is 16.5. The van der Waals surface area contributed by atoms with Crippen molar-refractivity contribution in [3.8, 4) is 0 Å². The lowest BCUT2D eigenvalue weighted by Crippen LogP contribution is -2.29. The molecule has 0 bridgehead atoms. The Hall–Kier alpha value is -0.690. The van der Waals surface area contributed by atoms with Gasteiger partial charge in [-0.1, -0.05) is 13.8 Å². The molecule has 0 heterocycles. The summed E-state index contributed by atoms with van der Waals surface area (Å²) >= 11 is 0. The Balaban J connectivity index is 3.04. The van der Waals surface area contributed by atoms with E-state index in [-0.39, 0.29) is 11.8 Å². The van der Waals surface area contributed by atoms with Crippen LogP contribution in [0.2, 0.25) is 0 Å². The lowest BCUT2D eigenvalue weighted by Gasteiger charge is -2.08. The maximum atomic E-state index is 11.3. The van der Waals surface area contributed by atoms with E-state index in [1.54, 1.807) is 0 Å². The fourth-order valence-corrected chi connectivity index (χ4v) is 1.32. The first-order chi connectivity index (χ1) is 9.68. The Morgan fingerprint density at radius 2 is 1.45 bits per heavy atom. The van der Waals surface area contributed by atoms with Crippen LogP contribution in [0, 0.1) is 5.92 Å². The van der Waals surface area contributed by atoms with Crippen LogP contribution >= 0.6 is 0 Å². The van der Waals surface area contributed by atoms with Crippen LogP contribution in [-0.4, -0.2) is 58.6 Å². The van der Waals surface area contributed by atoms with Gasteiger partial charge in [0.25, 0.3) is 0 Å². The van der Waals surface area contributed by atoms with Gasteiger partial charge in [-0.3, -0.25) is 4.79 Å². The van der Waals surface area contributed by atoms with Gasteiger partial charge in [0.2, 0.25) is 5.91 Å². The van der Waals surface area contributed by atoms with E-state index in [2.05, 4.69) is 5.32 Å². The van der Waals surface area contributed by atoms with Gasteiger partial charge in [0.05, 0.1) is 26.4 Å². The number of ether oxygens (including phenoxy) is 3. The van der Waals surface area contributed by atoms with Gasteiger partial charge in [-0.05, 0) is 19.4 Å². The minimum atomic E-state index is 0.0383. The molecule has 0 aromatic rings. The molecule has 0 aliphatic carbocycles. The molecule has 6 heteroatoms. The number of rotatable bonds is 14. The molecular weight excluding hydrogens is 260 g/mol. The highest BCUT2D eigenvalue weighted by Crippen LogP contribution is 1.91. The van der Waals surface area contributed by atoms with Crippen molar-refractivity contribution in [1.29, 1.82) is 0 Å². The molecule has 0 saturated heterocycles. The third kappa shape index (κ3) is 13.7. The predicted octanol–water partition coefficient (Wildman–Crippen LogP) is 0.547. The number of carbonyl (C=O) groups excluding carboxylic acids is 1. The molecule has 0 aliphatic rings. The van der Waals surface area contributed by atoms with Gasteiger partial charge in [0, 0.05) is 25.7 Å². The van der Waals surface area contributed by atoms with Crippen LogP contribution in [-0.2, 0) is 19.0 Å². The molecular formula is C14H30N2O4. The van der Waals surface area contributed by atoms with Crippen LogP contribution in [0.3, 0.4) is 0 Å². The van der Waals surface area contributed by atoms with Gasteiger partial charge in [0.1, 0.15) is 0 Å². The van der Waals surface area contributed by atoms with Crippen LogP contribution in [0.1, 0.15) is 26.7 Å². The first-order valence-corrected chi connectivity index (χ1v) is 7.39. The third-order valence-electron chi connectivity index (χ3n) is 2.53. The summed E-state index contributed by atoms with van der Waals surface area (Å²) in [6.07, 6.45) is 1.71. The summed E-state index contributed by atoms with van der Waals surface area (Å²) in [4.78, 5) is 11.3. The molecule has 0 rings (SSSR count). The van der Waals surface area contributed by atoms with Crippen LogP contribution in [0.25, 0.3) is 0 Å². The van der Waals surface area contributed by atoms with E-state index >= 15 is 0 Å². The molecule has 0 unspecified atom stereocenters. The molecule has 120 valence electrons.